The summed E-state index contributed by atoms with van der Waals surface area (Å²) in [6, 6.07) is 7.31. The molecule has 0 saturated carbocycles. The zero-order valence-electron chi connectivity index (χ0n) is 21.5. The van der Waals surface area contributed by atoms with Crippen LogP contribution in [0, 0.1) is 6.92 Å². The fourth-order valence-electron chi connectivity index (χ4n) is 4.64. The average molecular weight is 525 g/mol. The lowest BCUT2D eigenvalue weighted by Crippen LogP contribution is -3.00. The number of unbranched alkanes of at least 4 members (excludes halogenated alkanes) is 6. The van der Waals surface area contributed by atoms with Crippen LogP contribution in [-0.4, -0.2) is 37.3 Å². The van der Waals surface area contributed by atoms with Gasteiger partial charge in [0.15, 0.2) is 0 Å². The average Bonchev–Trinajstić information content (AvgIpc) is 2.78. The SMILES string of the molecule is CCCC[N+](CCCC)(CCCC)CCCCCCOc1ccc2c(C)cc(=O)oc2c1.[Br-]. The molecule has 188 valence electrons. The third-order valence-corrected chi connectivity index (χ3v) is 6.68. The van der Waals surface area contributed by atoms with Gasteiger partial charge < -0.3 is 30.6 Å². The third kappa shape index (κ3) is 10.2. The van der Waals surface area contributed by atoms with E-state index < -0.39 is 0 Å². The molecule has 0 aliphatic carbocycles. The molecule has 1 aromatic carbocycles. The molecule has 1 aromatic heterocycles. The quantitative estimate of drug-likeness (QED) is 0.176. The Morgan fingerprint density at radius 2 is 1.36 bits per heavy atom. The standard InChI is InChI=1S/C28H46NO3.BrH/c1-5-8-17-29(18-9-6-2,19-10-7-3)20-13-11-12-14-21-31-25-15-16-26-24(4)22-28(30)32-27(26)23-25;/h15-16,22-23H,5-14,17-21H2,1-4H3;1H/q+1;/p-1. The molecule has 0 unspecified atom stereocenters. The molecule has 33 heavy (non-hydrogen) atoms. The minimum atomic E-state index is -0.307. The van der Waals surface area contributed by atoms with Crippen molar-refractivity contribution in [3.05, 3.63) is 40.2 Å². The number of hydrogen-bond acceptors (Lipinski definition) is 3. The van der Waals surface area contributed by atoms with Gasteiger partial charge in [0.05, 0.1) is 32.8 Å². The van der Waals surface area contributed by atoms with Gasteiger partial charge in [-0.25, -0.2) is 4.79 Å². The van der Waals surface area contributed by atoms with Crippen LogP contribution in [0.4, 0.5) is 0 Å². The fraction of sp³-hybridized carbons (Fsp3) is 0.679. The van der Waals surface area contributed by atoms with Crippen molar-refractivity contribution in [2.24, 2.45) is 0 Å². The Kier molecular flexibility index (Phi) is 14.7. The molecule has 0 aliphatic rings. The second-order valence-electron chi connectivity index (χ2n) is 9.47. The van der Waals surface area contributed by atoms with Crippen molar-refractivity contribution < 1.29 is 30.6 Å². The zero-order valence-corrected chi connectivity index (χ0v) is 23.1. The predicted octanol–water partition coefficient (Wildman–Crippen LogP) is 4.26. The minimum Gasteiger partial charge on any atom is -1.00 e. The highest BCUT2D eigenvalue weighted by atomic mass is 79.9. The fourth-order valence-corrected chi connectivity index (χ4v) is 4.64. The summed E-state index contributed by atoms with van der Waals surface area (Å²) in [7, 11) is 0. The normalized spacial score (nSPS) is 11.5. The van der Waals surface area contributed by atoms with Crippen molar-refractivity contribution in [1.29, 1.82) is 0 Å². The van der Waals surface area contributed by atoms with Gasteiger partial charge in [0.25, 0.3) is 0 Å². The lowest BCUT2D eigenvalue weighted by Gasteiger charge is -2.39. The summed E-state index contributed by atoms with van der Waals surface area (Å²) in [6.07, 6.45) is 12.8. The molecule has 0 fully saturated rings. The van der Waals surface area contributed by atoms with Crippen molar-refractivity contribution in [2.45, 2.75) is 91.9 Å². The van der Waals surface area contributed by atoms with Gasteiger partial charge in [0.2, 0.25) is 0 Å². The van der Waals surface area contributed by atoms with E-state index in [-0.39, 0.29) is 22.6 Å². The smallest absolute Gasteiger partial charge is 0.336 e. The van der Waals surface area contributed by atoms with Crippen molar-refractivity contribution >= 4 is 11.0 Å². The van der Waals surface area contributed by atoms with E-state index >= 15 is 0 Å². The van der Waals surface area contributed by atoms with E-state index in [4.69, 9.17) is 9.15 Å². The Morgan fingerprint density at radius 1 is 0.788 bits per heavy atom. The minimum absolute atomic E-state index is 0. The molecule has 1 heterocycles. The summed E-state index contributed by atoms with van der Waals surface area (Å²) in [4.78, 5) is 11.6. The molecule has 0 aliphatic heterocycles. The van der Waals surface area contributed by atoms with Crippen LogP contribution in [0.2, 0.25) is 0 Å². The zero-order chi connectivity index (χ0) is 23.2. The number of halogens is 1. The Hall–Kier alpha value is -1.33. The molecule has 4 nitrogen and oxygen atoms in total. The van der Waals surface area contributed by atoms with Gasteiger partial charge in [-0.2, -0.15) is 0 Å². The van der Waals surface area contributed by atoms with Crippen LogP contribution in [-0.2, 0) is 0 Å². The first kappa shape index (κ1) is 29.7. The number of nitrogens with zero attached hydrogens (tertiary/aromatic N) is 1. The predicted molar refractivity (Wildman–Crippen MR) is 136 cm³/mol. The summed E-state index contributed by atoms with van der Waals surface area (Å²) >= 11 is 0. The first-order chi connectivity index (χ1) is 15.5. The van der Waals surface area contributed by atoms with Crippen molar-refractivity contribution in [1.82, 2.24) is 0 Å². The van der Waals surface area contributed by atoms with Crippen molar-refractivity contribution in [2.75, 3.05) is 32.8 Å². The van der Waals surface area contributed by atoms with Gasteiger partial charge in [-0.05, 0) is 69.6 Å². The Labute approximate surface area is 212 Å². The second-order valence-corrected chi connectivity index (χ2v) is 9.47. The Balaban J connectivity index is 0.00000544. The molecule has 0 bridgehead atoms. The van der Waals surface area contributed by atoms with Crippen LogP contribution in [0.3, 0.4) is 0 Å². The number of rotatable bonds is 17. The molecule has 0 atom stereocenters. The van der Waals surface area contributed by atoms with E-state index in [0.29, 0.717) is 12.2 Å². The van der Waals surface area contributed by atoms with E-state index in [1.165, 1.54) is 94.5 Å². The van der Waals surface area contributed by atoms with Crippen LogP contribution in [0.5, 0.6) is 5.75 Å². The monoisotopic (exact) mass is 523 g/mol. The molecule has 2 aromatic rings. The van der Waals surface area contributed by atoms with Crippen LogP contribution in [0.25, 0.3) is 11.0 Å². The van der Waals surface area contributed by atoms with E-state index in [0.717, 1.165) is 23.1 Å². The maximum absolute atomic E-state index is 11.6. The highest BCUT2D eigenvalue weighted by Crippen LogP contribution is 2.22. The first-order valence-electron chi connectivity index (χ1n) is 13.1. The maximum Gasteiger partial charge on any atom is 0.336 e. The molecule has 0 saturated heterocycles. The van der Waals surface area contributed by atoms with E-state index in [1.54, 1.807) is 0 Å². The molecule has 2 rings (SSSR count). The molecule has 5 heteroatoms. The van der Waals surface area contributed by atoms with Crippen LogP contribution < -0.4 is 27.3 Å². The van der Waals surface area contributed by atoms with E-state index in [2.05, 4.69) is 20.8 Å². The number of quaternary nitrogens is 1. The summed E-state index contributed by atoms with van der Waals surface area (Å²) in [5.41, 5.74) is 1.24. The number of fused-ring (bicyclic) bond motifs is 1. The van der Waals surface area contributed by atoms with E-state index in [1.807, 2.05) is 25.1 Å². The highest BCUT2D eigenvalue weighted by Gasteiger charge is 2.25. The van der Waals surface area contributed by atoms with Crippen LogP contribution >= 0.6 is 0 Å². The lowest BCUT2D eigenvalue weighted by atomic mass is 10.1. The molecule has 0 amide bonds. The largest absolute Gasteiger partial charge is 1.00 e. The number of ether oxygens (including phenoxy) is 1. The molecular formula is C28H46BrNO3. The third-order valence-electron chi connectivity index (χ3n) is 6.68. The summed E-state index contributed by atoms with van der Waals surface area (Å²) < 4.78 is 12.6. The molecule has 0 N–H and O–H groups in total. The van der Waals surface area contributed by atoms with Gasteiger partial charge in [0, 0.05) is 17.5 Å². The summed E-state index contributed by atoms with van der Waals surface area (Å²) in [5.74, 6) is 0.778. The summed E-state index contributed by atoms with van der Waals surface area (Å²) in [5, 5.41) is 0.966. The van der Waals surface area contributed by atoms with Gasteiger partial charge >= 0.3 is 5.63 Å². The Bertz CT molecular complexity index is 827. The Morgan fingerprint density at radius 3 is 1.97 bits per heavy atom. The molecule has 0 radical (unpaired) electrons. The van der Waals surface area contributed by atoms with Gasteiger partial charge in [-0.1, -0.05) is 40.0 Å². The number of hydrogen-bond donors (Lipinski definition) is 0. The second kappa shape index (κ2) is 16.3. The molecular weight excluding hydrogens is 478 g/mol. The van der Waals surface area contributed by atoms with Gasteiger partial charge in [0.1, 0.15) is 11.3 Å². The van der Waals surface area contributed by atoms with Gasteiger partial charge in [-0.3, -0.25) is 0 Å². The van der Waals surface area contributed by atoms with Crippen molar-refractivity contribution in [3.63, 3.8) is 0 Å². The van der Waals surface area contributed by atoms with Crippen LogP contribution in [0.1, 0.15) is 90.5 Å². The lowest BCUT2D eigenvalue weighted by molar-refractivity contribution is -0.929. The van der Waals surface area contributed by atoms with Gasteiger partial charge in [-0.15, -0.1) is 0 Å². The van der Waals surface area contributed by atoms with Crippen LogP contribution in [0.15, 0.2) is 33.5 Å². The molecule has 0 spiro atoms. The first-order valence-corrected chi connectivity index (χ1v) is 13.1. The van der Waals surface area contributed by atoms with Crippen molar-refractivity contribution in [3.8, 4) is 5.75 Å². The number of benzene rings is 1. The summed E-state index contributed by atoms with van der Waals surface area (Å²) in [6.45, 7) is 15.0. The maximum atomic E-state index is 11.6. The topological polar surface area (TPSA) is 39.4 Å². The van der Waals surface area contributed by atoms with E-state index in [9.17, 15) is 4.79 Å². The highest BCUT2D eigenvalue weighted by molar-refractivity contribution is 5.81. The number of aryl methyl sites for hydroxylation is 1.